The molecule has 1 aliphatic carbocycles. The average molecular weight is 346 g/mol. The monoisotopic (exact) mass is 345 g/mol. The number of rotatable bonds is 4. The molecule has 2 unspecified atom stereocenters. The average Bonchev–Trinajstić information content (AvgIpc) is 2.57. The molecule has 140 valence electrons. The predicted molar refractivity (Wildman–Crippen MR) is 107 cm³/mol. The molecule has 1 aliphatic heterocycles. The Morgan fingerprint density at radius 2 is 1.68 bits per heavy atom. The van der Waals surface area contributed by atoms with E-state index in [9.17, 15) is 0 Å². The van der Waals surface area contributed by atoms with Gasteiger partial charge in [-0.15, -0.1) is 0 Å². The van der Waals surface area contributed by atoms with Gasteiger partial charge in [-0.05, 0) is 82.6 Å². The summed E-state index contributed by atoms with van der Waals surface area (Å²) in [5, 5.41) is 3.70. The smallest absolute Gasteiger partial charge is 0.0726 e. The van der Waals surface area contributed by atoms with Gasteiger partial charge in [-0.25, -0.2) is 0 Å². The fourth-order valence-corrected chi connectivity index (χ4v) is 4.36. The van der Waals surface area contributed by atoms with Crippen molar-refractivity contribution in [2.45, 2.75) is 71.6 Å². The van der Waals surface area contributed by atoms with Crippen LogP contribution in [0.15, 0.2) is 12.1 Å². The van der Waals surface area contributed by atoms with Gasteiger partial charge in [0.1, 0.15) is 0 Å². The van der Waals surface area contributed by atoms with Gasteiger partial charge in [0.25, 0.3) is 0 Å². The van der Waals surface area contributed by atoms with Crippen LogP contribution in [-0.2, 0) is 4.74 Å². The summed E-state index contributed by atoms with van der Waals surface area (Å²) in [5.74, 6) is 0.764. The summed E-state index contributed by atoms with van der Waals surface area (Å²) in [7, 11) is 0. The van der Waals surface area contributed by atoms with E-state index in [1.165, 1.54) is 48.2 Å². The highest BCUT2D eigenvalue weighted by Gasteiger charge is 2.24. The van der Waals surface area contributed by atoms with Gasteiger partial charge in [0, 0.05) is 37.1 Å². The third-order valence-electron chi connectivity index (χ3n) is 5.99. The molecule has 1 aromatic rings. The van der Waals surface area contributed by atoms with E-state index in [1.807, 2.05) is 0 Å². The fourth-order valence-electron chi connectivity index (χ4n) is 4.36. The van der Waals surface area contributed by atoms with Crippen LogP contribution in [0.1, 0.15) is 50.7 Å². The SMILES string of the molecule is Cc1c(NCC2CCC(N)CC2)ccc(N2CC(C)OC(C)C2)c1C. The second-order valence-corrected chi connectivity index (χ2v) is 8.21. The van der Waals surface area contributed by atoms with Crippen molar-refractivity contribution in [2.75, 3.05) is 29.9 Å². The van der Waals surface area contributed by atoms with Crippen LogP contribution in [0.25, 0.3) is 0 Å². The van der Waals surface area contributed by atoms with Crippen LogP contribution >= 0.6 is 0 Å². The predicted octanol–water partition coefficient (Wildman–Crippen LogP) is 3.85. The summed E-state index contributed by atoms with van der Waals surface area (Å²) < 4.78 is 5.88. The molecule has 1 saturated heterocycles. The van der Waals surface area contributed by atoms with E-state index >= 15 is 0 Å². The molecule has 2 aliphatic rings. The van der Waals surface area contributed by atoms with Crippen LogP contribution in [0.3, 0.4) is 0 Å². The lowest BCUT2D eigenvalue weighted by atomic mass is 9.86. The number of morpholine rings is 1. The Labute approximate surface area is 153 Å². The standard InChI is InChI=1S/C21H35N3O/c1-14-12-24(13-15(2)25-14)21-10-9-20(16(3)17(21)4)23-11-18-5-7-19(22)8-6-18/h9-10,14-15,18-19,23H,5-8,11-13,22H2,1-4H3. The molecule has 4 heteroatoms. The molecular weight excluding hydrogens is 310 g/mol. The number of nitrogens with zero attached hydrogens (tertiary/aromatic N) is 1. The van der Waals surface area contributed by atoms with Gasteiger partial charge in [0.2, 0.25) is 0 Å². The summed E-state index contributed by atoms with van der Waals surface area (Å²) in [6.07, 6.45) is 5.45. The molecule has 2 atom stereocenters. The quantitative estimate of drug-likeness (QED) is 0.870. The molecule has 3 rings (SSSR count). The molecule has 1 heterocycles. The maximum atomic E-state index is 6.02. The largest absolute Gasteiger partial charge is 0.385 e. The fraction of sp³-hybridized carbons (Fsp3) is 0.714. The number of nitrogens with two attached hydrogens (primary N) is 1. The first-order valence-corrected chi connectivity index (χ1v) is 9.94. The second kappa shape index (κ2) is 7.96. The van der Waals surface area contributed by atoms with E-state index in [-0.39, 0.29) is 0 Å². The van der Waals surface area contributed by atoms with E-state index in [4.69, 9.17) is 10.5 Å². The van der Waals surface area contributed by atoms with Crippen molar-refractivity contribution in [1.82, 2.24) is 0 Å². The zero-order valence-electron chi connectivity index (χ0n) is 16.3. The van der Waals surface area contributed by atoms with Gasteiger partial charge >= 0.3 is 0 Å². The molecule has 0 aromatic heterocycles. The highest BCUT2D eigenvalue weighted by Crippen LogP contribution is 2.31. The van der Waals surface area contributed by atoms with Crippen molar-refractivity contribution in [1.29, 1.82) is 0 Å². The van der Waals surface area contributed by atoms with Crippen molar-refractivity contribution in [3.05, 3.63) is 23.3 Å². The van der Waals surface area contributed by atoms with Crippen LogP contribution in [-0.4, -0.2) is 37.9 Å². The van der Waals surface area contributed by atoms with Gasteiger partial charge in [0.05, 0.1) is 12.2 Å². The summed E-state index contributed by atoms with van der Waals surface area (Å²) >= 11 is 0. The minimum Gasteiger partial charge on any atom is -0.385 e. The minimum atomic E-state index is 0.291. The van der Waals surface area contributed by atoms with E-state index < -0.39 is 0 Å². The third kappa shape index (κ3) is 4.48. The number of nitrogens with one attached hydrogen (secondary N) is 1. The number of anilines is 2. The van der Waals surface area contributed by atoms with Gasteiger partial charge in [-0.1, -0.05) is 0 Å². The highest BCUT2D eigenvalue weighted by atomic mass is 16.5. The first kappa shape index (κ1) is 18.5. The first-order valence-electron chi connectivity index (χ1n) is 9.94. The van der Waals surface area contributed by atoms with Gasteiger partial charge < -0.3 is 20.7 Å². The Bertz CT molecular complexity index is 571. The molecule has 25 heavy (non-hydrogen) atoms. The Morgan fingerprint density at radius 3 is 2.32 bits per heavy atom. The molecule has 1 saturated carbocycles. The van der Waals surface area contributed by atoms with Gasteiger partial charge in [-0.2, -0.15) is 0 Å². The summed E-state index contributed by atoms with van der Waals surface area (Å²) in [6, 6.07) is 4.97. The van der Waals surface area contributed by atoms with E-state index in [2.05, 4.69) is 50.0 Å². The van der Waals surface area contributed by atoms with Gasteiger partial charge in [0.15, 0.2) is 0 Å². The molecule has 2 fully saturated rings. The van der Waals surface area contributed by atoms with Crippen LogP contribution in [0, 0.1) is 19.8 Å². The van der Waals surface area contributed by atoms with Crippen LogP contribution in [0.5, 0.6) is 0 Å². The first-order chi connectivity index (χ1) is 11.9. The maximum absolute atomic E-state index is 6.02. The van der Waals surface area contributed by atoms with Crippen molar-refractivity contribution in [3.8, 4) is 0 Å². The Kier molecular flexibility index (Phi) is 5.90. The molecule has 1 aromatic carbocycles. The molecule has 0 amide bonds. The number of ether oxygens (including phenoxy) is 1. The van der Waals surface area contributed by atoms with E-state index in [0.717, 1.165) is 25.6 Å². The lowest BCUT2D eigenvalue weighted by Crippen LogP contribution is -2.45. The minimum absolute atomic E-state index is 0.291. The Morgan fingerprint density at radius 1 is 1.04 bits per heavy atom. The number of hydrogen-bond acceptors (Lipinski definition) is 4. The zero-order chi connectivity index (χ0) is 18.0. The second-order valence-electron chi connectivity index (χ2n) is 8.21. The third-order valence-corrected chi connectivity index (χ3v) is 5.99. The van der Waals surface area contributed by atoms with Crippen LogP contribution in [0.4, 0.5) is 11.4 Å². The number of benzene rings is 1. The van der Waals surface area contributed by atoms with Crippen LogP contribution < -0.4 is 16.0 Å². The molecule has 0 bridgehead atoms. The normalized spacial score (nSPS) is 30.4. The lowest BCUT2D eigenvalue weighted by Gasteiger charge is -2.38. The Hall–Kier alpha value is -1.26. The Balaban J connectivity index is 1.66. The topological polar surface area (TPSA) is 50.5 Å². The lowest BCUT2D eigenvalue weighted by molar-refractivity contribution is -0.00524. The molecule has 0 radical (unpaired) electrons. The molecule has 0 spiro atoms. The van der Waals surface area contributed by atoms with Crippen molar-refractivity contribution >= 4 is 11.4 Å². The number of hydrogen-bond donors (Lipinski definition) is 2. The highest BCUT2D eigenvalue weighted by molar-refractivity contribution is 5.66. The van der Waals surface area contributed by atoms with Crippen molar-refractivity contribution in [2.24, 2.45) is 11.7 Å². The van der Waals surface area contributed by atoms with Gasteiger partial charge in [-0.3, -0.25) is 0 Å². The van der Waals surface area contributed by atoms with Crippen LogP contribution in [0.2, 0.25) is 0 Å². The van der Waals surface area contributed by atoms with E-state index in [1.54, 1.807) is 0 Å². The summed E-state index contributed by atoms with van der Waals surface area (Å²) in [5.41, 5.74) is 11.4. The van der Waals surface area contributed by atoms with E-state index in [0.29, 0.717) is 18.2 Å². The van der Waals surface area contributed by atoms with Crippen molar-refractivity contribution in [3.63, 3.8) is 0 Å². The van der Waals surface area contributed by atoms with Crippen molar-refractivity contribution < 1.29 is 4.74 Å². The molecular formula is C21H35N3O. The summed E-state index contributed by atoms with van der Waals surface area (Å²) in [6.45, 7) is 11.8. The molecule has 3 N–H and O–H groups in total. The summed E-state index contributed by atoms with van der Waals surface area (Å²) in [4.78, 5) is 2.48. The maximum Gasteiger partial charge on any atom is 0.0726 e. The molecule has 4 nitrogen and oxygen atoms in total. The zero-order valence-corrected chi connectivity index (χ0v) is 16.3.